The van der Waals surface area contributed by atoms with Gasteiger partial charge in [0.05, 0.1) is 17.1 Å². The van der Waals surface area contributed by atoms with Crippen molar-refractivity contribution in [2.24, 2.45) is 0 Å². The molecule has 3 nitrogen and oxygen atoms in total. The summed E-state index contributed by atoms with van der Waals surface area (Å²) in [6.45, 7) is 4.92. The maximum Gasteiger partial charge on any atom is 0.279 e. The molecule has 2 aromatic rings. The summed E-state index contributed by atoms with van der Waals surface area (Å²) in [5.74, 6) is -0.0249. The molecule has 0 aliphatic rings. The van der Waals surface area contributed by atoms with Crippen molar-refractivity contribution in [3.63, 3.8) is 0 Å². The third-order valence-electron chi connectivity index (χ3n) is 3.75. The number of rotatable bonds is 5. The van der Waals surface area contributed by atoms with E-state index >= 15 is 0 Å². The van der Waals surface area contributed by atoms with Crippen LogP contribution in [-0.2, 0) is 11.3 Å². The van der Waals surface area contributed by atoms with Gasteiger partial charge in [0.1, 0.15) is 6.54 Å². The van der Waals surface area contributed by atoms with Gasteiger partial charge in [-0.05, 0) is 37.1 Å². The maximum absolute atomic E-state index is 12.3. The number of nitrogens with one attached hydrogen (secondary N) is 2. The fraction of sp³-hybridized carbons (Fsp3) is 0.278. The number of halogens is 2. The van der Waals surface area contributed by atoms with Crippen LogP contribution >= 0.6 is 23.2 Å². The van der Waals surface area contributed by atoms with Gasteiger partial charge in [-0.1, -0.05) is 47.5 Å². The largest absolute Gasteiger partial charge is 0.326 e. The van der Waals surface area contributed by atoms with Crippen molar-refractivity contribution in [2.75, 3.05) is 18.9 Å². The smallest absolute Gasteiger partial charge is 0.279 e. The third kappa shape index (κ3) is 4.71. The average molecular weight is 352 g/mol. The van der Waals surface area contributed by atoms with Crippen molar-refractivity contribution >= 4 is 34.8 Å². The highest BCUT2D eigenvalue weighted by molar-refractivity contribution is 6.35. The Hall–Kier alpha value is -1.55. The Morgan fingerprint density at radius 3 is 2.13 bits per heavy atom. The standard InChI is InChI=1S/C18H20Cl2N2O/c1-12-6-4-7-13(2)18(12)21-17(23)11-22(3)10-14-15(19)8-5-9-16(14)20/h4-9H,10-11H2,1-3H3,(H,21,23)/p+1. The van der Waals surface area contributed by atoms with E-state index in [1.54, 1.807) is 0 Å². The van der Waals surface area contributed by atoms with Gasteiger partial charge in [0.2, 0.25) is 0 Å². The van der Waals surface area contributed by atoms with E-state index in [4.69, 9.17) is 23.2 Å². The summed E-state index contributed by atoms with van der Waals surface area (Å²) in [5, 5.41) is 4.26. The van der Waals surface area contributed by atoms with E-state index in [1.807, 2.05) is 57.3 Å². The number of hydrogen-bond acceptors (Lipinski definition) is 1. The van der Waals surface area contributed by atoms with E-state index in [2.05, 4.69) is 5.32 Å². The first-order chi connectivity index (χ1) is 10.9. The van der Waals surface area contributed by atoms with Crippen LogP contribution in [0.2, 0.25) is 10.0 Å². The molecule has 0 fully saturated rings. The van der Waals surface area contributed by atoms with Crippen LogP contribution in [0.3, 0.4) is 0 Å². The molecule has 122 valence electrons. The average Bonchev–Trinajstić information content (AvgIpc) is 2.47. The molecule has 1 amide bonds. The number of benzene rings is 2. The first-order valence-corrected chi connectivity index (χ1v) is 8.24. The van der Waals surface area contributed by atoms with Crippen LogP contribution in [-0.4, -0.2) is 19.5 Å². The summed E-state index contributed by atoms with van der Waals surface area (Å²) in [6, 6.07) is 11.4. The second kappa shape index (κ2) is 7.82. The highest BCUT2D eigenvalue weighted by atomic mass is 35.5. The van der Waals surface area contributed by atoms with Gasteiger partial charge in [-0.15, -0.1) is 0 Å². The molecule has 0 spiro atoms. The van der Waals surface area contributed by atoms with Crippen molar-refractivity contribution in [3.05, 3.63) is 63.1 Å². The summed E-state index contributed by atoms with van der Waals surface area (Å²) in [4.78, 5) is 13.3. The van der Waals surface area contributed by atoms with Gasteiger partial charge in [0.25, 0.3) is 5.91 Å². The fourth-order valence-corrected chi connectivity index (χ4v) is 3.07. The number of carbonyl (C=O) groups is 1. The molecule has 0 aliphatic heterocycles. The summed E-state index contributed by atoms with van der Waals surface area (Å²) < 4.78 is 0. The Morgan fingerprint density at radius 1 is 1.04 bits per heavy atom. The summed E-state index contributed by atoms with van der Waals surface area (Å²) >= 11 is 12.4. The molecule has 1 unspecified atom stereocenters. The van der Waals surface area contributed by atoms with Crippen LogP contribution in [0.15, 0.2) is 36.4 Å². The molecule has 0 aliphatic carbocycles. The van der Waals surface area contributed by atoms with Crippen LogP contribution < -0.4 is 10.2 Å². The van der Waals surface area contributed by atoms with E-state index in [9.17, 15) is 4.79 Å². The minimum absolute atomic E-state index is 0.0249. The van der Waals surface area contributed by atoms with Crippen molar-refractivity contribution in [1.82, 2.24) is 0 Å². The second-order valence-corrected chi connectivity index (χ2v) is 6.64. The Morgan fingerprint density at radius 2 is 1.57 bits per heavy atom. The number of quaternary nitrogens is 1. The first kappa shape index (κ1) is 17.8. The fourth-order valence-electron chi connectivity index (χ4n) is 2.53. The molecule has 0 radical (unpaired) electrons. The zero-order valence-corrected chi connectivity index (χ0v) is 15.1. The van der Waals surface area contributed by atoms with E-state index in [0.29, 0.717) is 23.1 Å². The van der Waals surface area contributed by atoms with Crippen LogP contribution in [0.25, 0.3) is 0 Å². The van der Waals surface area contributed by atoms with Crippen LogP contribution in [0.5, 0.6) is 0 Å². The van der Waals surface area contributed by atoms with Gasteiger partial charge < -0.3 is 10.2 Å². The maximum atomic E-state index is 12.3. The first-order valence-electron chi connectivity index (χ1n) is 7.48. The zero-order chi connectivity index (χ0) is 17.0. The quantitative estimate of drug-likeness (QED) is 0.851. The van der Waals surface area contributed by atoms with Gasteiger partial charge in [-0.25, -0.2) is 0 Å². The van der Waals surface area contributed by atoms with Gasteiger partial charge in [0, 0.05) is 11.3 Å². The number of amides is 1. The molecule has 0 bridgehead atoms. The van der Waals surface area contributed by atoms with Gasteiger partial charge in [-0.2, -0.15) is 0 Å². The summed E-state index contributed by atoms with van der Waals surface area (Å²) in [5.41, 5.74) is 3.88. The number of para-hydroxylation sites is 1. The van der Waals surface area contributed by atoms with Crippen molar-refractivity contribution in [3.8, 4) is 0 Å². The Labute approximate surface area is 147 Å². The number of hydrogen-bond donors (Lipinski definition) is 2. The second-order valence-electron chi connectivity index (χ2n) is 5.83. The molecule has 0 aromatic heterocycles. The predicted octanol–water partition coefficient (Wildman–Crippen LogP) is 3.26. The van der Waals surface area contributed by atoms with Crippen molar-refractivity contribution in [2.45, 2.75) is 20.4 Å². The highest BCUT2D eigenvalue weighted by Crippen LogP contribution is 2.23. The van der Waals surface area contributed by atoms with Crippen molar-refractivity contribution in [1.29, 1.82) is 0 Å². The molecule has 23 heavy (non-hydrogen) atoms. The Kier molecular flexibility index (Phi) is 6.05. The number of likely N-dealkylation sites (N-methyl/N-ethyl adjacent to an activating group) is 1. The third-order valence-corrected chi connectivity index (χ3v) is 4.46. The minimum atomic E-state index is -0.0249. The van der Waals surface area contributed by atoms with Gasteiger partial charge in [0.15, 0.2) is 6.54 Å². The SMILES string of the molecule is Cc1cccc(C)c1NC(=O)C[NH+](C)Cc1c(Cl)cccc1Cl. The number of anilines is 1. The topological polar surface area (TPSA) is 33.5 Å². The molecule has 2 N–H and O–H groups in total. The predicted molar refractivity (Wildman–Crippen MR) is 96.5 cm³/mol. The molecule has 2 aromatic carbocycles. The van der Waals surface area contributed by atoms with E-state index in [1.165, 1.54) is 0 Å². The van der Waals surface area contributed by atoms with Gasteiger partial charge in [-0.3, -0.25) is 4.79 Å². The molecule has 0 saturated heterocycles. The lowest BCUT2D eigenvalue weighted by molar-refractivity contribution is -0.885. The van der Waals surface area contributed by atoms with E-state index in [0.717, 1.165) is 27.3 Å². The molecule has 5 heteroatoms. The molecular formula is C18H21Cl2N2O+. The molecule has 1 atom stereocenters. The summed E-state index contributed by atoms with van der Waals surface area (Å²) in [7, 11) is 1.95. The number of aryl methyl sites for hydroxylation is 2. The monoisotopic (exact) mass is 351 g/mol. The zero-order valence-electron chi connectivity index (χ0n) is 13.5. The lowest BCUT2D eigenvalue weighted by Crippen LogP contribution is -3.08. The van der Waals surface area contributed by atoms with Crippen LogP contribution in [0.1, 0.15) is 16.7 Å². The van der Waals surface area contributed by atoms with Crippen LogP contribution in [0, 0.1) is 13.8 Å². The molecule has 2 rings (SSSR count). The van der Waals surface area contributed by atoms with Gasteiger partial charge >= 0.3 is 0 Å². The lowest BCUT2D eigenvalue weighted by Gasteiger charge is -2.17. The normalized spacial score (nSPS) is 12.0. The lowest BCUT2D eigenvalue weighted by atomic mass is 10.1. The van der Waals surface area contributed by atoms with Crippen molar-refractivity contribution < 1.29 is 9.69 Å². The Balaban J connectivity index is 2.00. The summed E-state index contributed by atoms with van der Waals surface area (Å²) in [6.07, 6.45) is 0. The molecule has 0 saturated carbocycles. The number of carbonyl (C=O) groups excluding carboxylic acids is 1. The van der Waals surface area contributed by atoms with E-state index < -0.39 is 0 Å². The molecule has 0 heterocycles. The minimum Gasteiger partial charge on any atom is -0.326 e. The molecular weight excluding hydrogens is 331 g/mol. The van der Waals surface area contributed by atoms with E-state index in [-0.39, 0.29) is 5.91 Å². The highest BCUT2D eigenvalue weighted by Gasteiger charge is 2.15. The Bertz CT molecular complexity index is 676. The van der Waals surface area contributed by atoms with Crippen LogP contribution in [0.4, 0.5) is 5.69 Å².